The number of rotatable bonds is 4. The molecule has 0 radical (unpaired) electrons. The SMILES string of the molecule is IC1CC2C=CC(c3ccc(-c4ccc5sc6c(c5c4)CC(c4ccc5ccc7c(-c8cccc9ccccc89)ccc8ccc4c5c87)C=C6)cc3)C3C=CC4=CC=CC1C4=C23. The van der Waals surface area contributed by atoms with Crippen molar-refractivity contribution in [2.75, 3.05) is 0 Å². The highest BCUT2D eigenvalue weighted by Gasteiger charge is 2.43. The van der Waals surface area contributed by atoms with Gasteiger partial charge in [0.15, 0.2) is 0 Å². The minimum atomic E-state index is 0.303. The van der Waals surface area contributed by atoms with Crippen LogP contribution in [0.4, 0.5) is 0 Å². The lowest BCUT2D eigenvalue weighted by Gasteiger charge is -2.45. The van der Waals surface area contributed by atoms with Gasteiger partial charge in [0.1, 0.15) is 0 Å². The monoisotopic (exact) mass is 920 g/mol. The zero-order valence-electron chi connectivity index (χ0n) is 34.1. The lowest BCUT2D eigenvalue weighted by Crippen LogP contribution is -2.35. The molecule has 1 heterocycles. The second-order valence-electron chi connectivity index (χ2n) is 18.2. The van der Waals surface area contributed by atoms with E-state index in [1.807, 2.05) is 11.3 Å². The molecule has 0 amide bonds. The van der Waals surface area contributed by atoms with Crippen LogP contribution < -0.4 is 0 Å². The number of hydrogen-bond donors (Lipinski definition) is 0. The molecule has 0 N–H and O–H groups in total. The van der Waals surface area contributed by atoms with Gasteiger partial charge in [0.05, 0.1) is 0 Å². The molecule has 0 saturated heterocycles. The summed E-state index contributed by atoms with van der Waals surface area (Å²) >= 11 is 4.65. The van der Waals surface area contributed by atoms with Gasteiger partial charge in [0.2, 0.25) is 0 Å². The molecule has 0 saturated carbocycles. The highest BCUT2D eigenvalue weighted by Crippen LogP contribution is 2.55. The third kappa shape index (κ3) is 5.23. The van der Waals surface area contributed by atoms with Crippen LogP contribution in [-0.4, -0.2) is 3.92 Å². The Hall–Kier alpha value is -5.81. The second kappa shape index (κ2) is 13.6. The van der Waals surface area contributed by atoms with E-state index in [0.29, 0.717) is 33.5 Å². The summed E-state index contributed by atoms with van der Waals surface area (Å²) in [5.74, 6) is 2.22. The summed E-state index contributed by atoms with van der Waals surface area (Å²) in [4.78, 5) is 1.41. The van der Waals surface area contributed by atoms with E-state index in [2.05, 4.69) is 211 Å². The first kappa shape index (κ1) is 35.8. The Bertz CT molecular complexity index is 3560. The van der Waals surface area contributed by atoms with Crippen LogP contribution in [-0.2, 0) is 6.42 Å². The molecule has 9 aromatic rings. The Morgan fingerprint density at radius 2 is 1.32 bits per heavy atom. The molecule has 62 heavy (non-hydrogen) atoms. The fraction of sp³-hybridized carbons (Fsp3) is 0.133. The molecule has 6 atom stereocenters. The number of fused-ring (bicyclic) bond motifs is 4. The highest BCUT2D eigenvalue weighted by atomic mass is 127. The minimum Gasteiger partial charge on any atom is -0.136 e. The lowest BCUT2D eigenvalue weighted by molar-refractivity contribution is 0.459. The zero-order chi connectivity index (χ0) is 40.6. The largest absolute Gasteiger partial charge is 0.136 e. The van der Waals surface area contributed by atoms with Gasteiger partial charge in [0, 0.05) is 37.2 Å². The van der Waals surface area contributed by atoms with E-state index in [1.54, 1.807) is 11.1 Å². The topological polar surface area (TPSA) is 0 Å². The van der Waals surface area contributed by atoms with Crippen molar-refractivity contribution in [1.82, 2.24) is 0 Å². The maximum Gasteiger partial charge on any atom is 0.0352 e. The fourth-order valence-electron chi connectivity index (χ4n) is 12.2. The molecule has 0 nitrogen and oxygen atoms in total. The first-order chi connectivity index (χ1) is 30.6. The van der Waals surface area contributed by atoms with E-state index in [9.17, 15) is 0 Å². The van der Waals surface area contributed by atoms with E-state index in [0.717, 1.165) is 6.42 Å². The molecule has 2 heteroatoms. The number of hydrogen-bond acceptors (Lipinski definition) is 1. The van der Waals surface area contributed by atoms with Crippen LogP contribution in [0, 0.1) is 17.8 Å². The Labute approximate surface area is 379 Å². The summed E-state index contributed by atoms with van der Waals surface area (Å²) in [6, 6.07) is 51.1. The van der Waals surface area contributed by atoms with E-state index >= 15 is 0 Å². The molecule has 294 valence electrons. The molecular weight excluding hydrogens is 880 g/mol. The maximum atomic E-state index is 2.70. The van der Waals surface area contributed by atoms with Gasteiger partial charge in [-0.1, -0.05) is 198 Å². The molecular formula is C60H41IS. The quantitative estimate of drug-likeness (QED) is 0.0714. The van der Waals surface area contributed by atoms with Crippen molar-refractivity contribution in [1.29, 1.82) is 0 Å². The second-order valence-corrected chi connectivity index (χ2v) is 20.9. The minimum absolute atomic E-state index is 0.303. The average molecular weight is 921 g/mol. The van der Waals surface area contributed by atoms with Crippen molar-refractivity contribution in [2.24, 2.45) is 17.8 Å². The molecule has 8 aromatic carbocycles. The van der Waals surface area contributed by atoms with Crippen LogP contribution in [0.5, 0.6) is 0 Å². The fourth-order valence-corrected chi connectivity index (χ4v) is 14.5. The van der Waals surface area contributed by atoms with Gasteiger partial charge >= 0.3 is 0 Å². The number of benzene rings is 8. The van der Waals surface area contributed by atoms with Crippen LogP contribution in [0.1, 0.15) is 39.8 Å². The smallest absolute Gasteiger partial charge is 0.0352 e. The zero-order valence-corrected chi connectivity index (χ0v) is 37.0. The van der Waals surface area contributed by atoms with Crippen LogP contribution in [0.25, 0.3) is 81.5 Å². The van der Waals surface area contributed by atoms with Crippen molar-refractivity contribution in [2.45, 2.75) is 28.6 Å². The van der Waals surface area contributed by atoms with Crippen LogP contribution in [0.3, 0.4) is 0 Å². The predicted octanol–water partition coefficient (Wildman–Crippen LogP) is 16.7. The third-order valence-corrected chi connectivity index (χ3v) is 17.6. The van der Waals surface area contributed by atoms with Crippen LogP contribution >= 0.6 is 33.9 Å². The average Bonchev–Trinajstić information content (AvgIpc) is 3.70. The predicted molar refractivity (Wildman–Crippen MR) is 274 cm³/mol. The summed E-state index contributed by atoms with van der Waals surface area (Å²) in [5.41, 5.74) is 14.3. The molecule has 14 rings (SSSR count). The molecule has 0 aliphatic heterocycles. The highest BCUT2D eigenvalue weighted by molar-refractivity contribution is 14.1. The van der Waals surface area contributed by atoms with Gasteiger partial charge < -0.3 is 0 Å². The van der Waals surface area contributed by atoms with E-state index in [1.165, 1.54) is 109 Å². The van der Waals surface area contributed by atoms with Crippen molar-refractivity contribution in [3.63, 3.8) is 0 Å². The summed E-state index contributed by atoms with van der Waals surface area (Å²) in [7, 11) is 0. The Morgan fingerprint density at radius 1 is 0.532 bits per heavy atom. The van der Waals surface area contributed by atoms with Gasteiger partial charge in [-0.05, 0) is 136 Å². The molecule has 0 bridgehead atoms. The molecule has 5 aliphatic carbocycles. The summed E-state index contributed by atoms with van der Waals surface area (Å²) < 4.78 is 2.03. The van der Waals surface area contributed by atoms with Gasteiger partial charge in [0.25, 0.3) is 0 Å². The normalized spacial score (nSPS) is 23.5. The summed E-state index contributed by atoms with van der Waals surface area (Å²) in [6.07, 6.45) is 24.2. The van der Waals surface area contributed by atoms with Crippen molar-refractivity contribution in [3.8, 4) is 22.3 Å². The maximum absolute atomic E-state index is 2.70. The van der Waals surface area contributed by atoms with Crippen molar-refractivity contribution >= 4 is 93.2 Å². The van der Waals surface area contributed by atoms with Gasteiger partial charge in [-0.15, -0.1) is 11.3 Å². The van der Waals surface area contributed by atoms with Crippen LogP contribution in [0.15, 0.2) is 199 Å². The summed E-state index contributed by atoms with van der Waals surface area (Å²) in [5, 5.41) is 12.1. The molecule has 5 aliphatic rings. The molecule has 0 fully saturated rings. The van der Waals surface area contributed by atoms with Gasteiger partial charge in [-0.3, -0.25) is 0 Å². The Morgan fingerprint density at radius 3 is 2.24 bits per heavy atom. The molecule has 1 aromatic heterocycles. The first-order valence-corrected chi connectivity index (χ1v) is 24.3. The van der Waals surface area contributed by atoms with Crippen molar-refractivity contribution in [3.05, 3.63) is 220 Å². The third-order valence-electron chi connectivity index (χ3n) is 15.1. The number of thiophene rings is 1. The standard InChI is InChI=1S/C60H41IS/c61-54-33-42-20-24-44(48-26-17-37-7-4-10-51(54)59(37)60(42)48)36-13-11-34(12-14-36)40-21-29-55-52(31-40)53-32-41(22-30-56(53)62-55)45-23-15-38-19-28-50-47(25-16-39-18-27-49(45)57(38)58(39)50)46-9-3-6-35-5-1-2-8-43(35)46/h1-31,41-42,44,48,51,54H,32-33H2. The van der Waals surface area contributed by atoms with E-state index in [4.69, 9.17) is 0 Å². The molecule has 6 unspecified atom stereocenters. The van der Waals surface area contributed by atoms with Gasteiger partial charge in [-0.2, -0.15) is 0 Å². The number of allylic oxidation sites excluding steroid dienone is 11. The Balaban J connectivity index is 0.801. The van der Waals surface area contributed by atoms with Crippen LogP contribution in [0.2, 0.25) is 0 Å². The van der Waals surface area contributed by atoms with E-state index in [-0.39, 0.29) is 0 Å². The molecule has 0 spiro atoms. The van der Waals surface area contributed by atoms with E-state index < -0.39 is 0 Å². The summed E-state index contributed by atoms with van der Waals surface area (Å²) in [6.45, 7) is 0. The first-order valence-electron chi connectivity index (χ1n) is 22.3. The number of halogens is 1. The van der Waals surface area contributed by atoms with Gasteiger partial charge in [-0.25, -0.2) is 0 Å². The Kier molecular flexibility index (Phi) is 7.84. The van der Waals surface area contributed by atoms with Crippen molar-refractivity contribution < 1.29 is 0 Å². The number of alkyl halides is 1. The lowest BCUT2D eigenvalue weighted by atomic mass is 9.60.